The molecule has 0 atom stereocenters. The minimum atomic E-state index is -0.820. The number of aliphatic hydroxyl groups is 1. The molecule has 1 aromatic carbocycles. The van der Waals surface area contributed by atoms with Crippen LogP contribution in [-0.2, 0) is 13.0 Å². The van der Waals surface area contributed by atoms with E-state index in [4.69, 9.17) is 4.74 Å². The number of nitrogens with one attached hydrogen (secondary N) is 1. The SMILES string of the molecule is CCc1nccn1CC1(O)CCN(C(=O)c2c[nH]c3cccc(OC)c23)CC1. The van der Waals surface area contributed by atoms with Crippen molar-refractivity contribution in [2.45, 2.75) is 38.3 Å². The van der Waals surface area contributed by atoms with Gasteiger partial charge in [0.05, 0.1) is 30.2 Å². The van der Waals surface area contributed by atoms with Gasteiger partial charge in [-0.1, -0.05) is 13.0 Å². The maximum Gasteiger partial charge on any atom is 0.256 e. The van der Waals surface area contributed by atoms with Crippen molar-refractivity contribution in [1.29, 1.82) is 0 Å². The first-order valence-electron chi connectivity index (χ1n) is 9.70. The molecule has 2 N–H and O–H groups in total. The number of piperidine rings is 1. The van der Waals surface area contributed by atoms with Crippen LogP contribution in [0, 0.1) is 0 Å². The quantitative estimate of drug-likeness (QED) is 0.711. The zero-order chi connectivity index (χ0) is 19.7. The summed E-state index contributed by atoms with van der Waals surface area (Å²) in [6, 6.07) is 5.69. The first kappa shape index (κ1) is 18.6. The molecule has 0 radical (unpaired) electrons. The van der Waals surface area contributed by atoms with Gasteiger partial charge in [0.2, 0.25) is 0 Å². The maximum atomic E-state index is 13.1. The number of methoxy groups -OCH3 is 1. The van der Waals surface area contributed by atoms with Crippen LogP contribution in [0.5, 0.6) is 5.75 Å². The summed E-state index contributed by atoms with van der Waals surface area (Å²) in [5.74, 6) is 1.62. The fraction of sp³-hybridized carbons (Fsp3) is 0.429. The number of H-pyrrole nitrogens is 1. The Morgan fingerprint density at radius 1 is 1.36 bits per heavy atom. The molecule has 1 fully saturated rings. The Kier molecular flexibility index (Phi) is 4.85. The minimum Gasteiger partial charge on any atom is -0.496 e. The first-order valence-corrected chi connectivity index (χ1v) is 9.70. The van der Waals surface area contributed by atoms with Gasteiger partial charge in [0, 0.05) is 43.6 Å². The van der Waals surface area contributed by atoms with E-state index in [-0.39, 0.29) is 5.91 Å². The average Bonchev–Trinajstić information content (AvgIpc) is 3.34. The summed E-state index contributed by atoms with van der Waals surface area (Å²) in [5, 5.41) is 11.8. The highest BCUT2D eigenvalue weighted by atomic mass is 16.5. The number of fused-ring (bicyclic) bond motifs is 1. The number of carbonyl (C=O) groups is 1. The summed E-state index contributed by atoms with van der Waals surface area (Å²) < 4.78 is 7.45. The smallest absolute Gasteiger partial charge is 0.256 e. The van der Waals surface area contributed by atoms with Crippen LogP contribution >= 0.6 is 0 Å². The summed E-state index contributed by atoms with van der Waals surface area (Å²) in [6.45, 7) is 3.61. The van der Waals surface area contributed by atoms with E-state index in [1.165, 1.54) is 0 Å². The number of nitrogens with zero attached hydrogens (tertiary/aromatic N) is 3. The molecule has 0 saturated carbocycles. The number of aromatic nitrogens is 3. The highest BCUT2D eigenvalue weighted by Crippen LogP contribution is 2.31. The largest absolute Gasteiger partial charge is 0.496 e. The molecule has 7 nitrogen and oxygen atoms in total. The van der Waals surface area contributed by atoms with Crippen molar-refractivity contribution >= 4 is 16.8 Å². The third kappa shape index (κ3) is 3.26. The Labute approximate surface area is 163 Å². The summed E-state index contributed by atoms with van der Waals surface area (Å²) in [6.07, 6.45) is 7.34. The number of hydrogen-bond acceptors (Lipinski definition) is 4. The van der Waals surface area contributed by atoms with Gasteiger partial charge in [-0.15, -0.1) is 0 Å². The topological polar surface area (TPSA) is 83.4 Å². The molecule has 0 aliphatic carbocycles. The predicted molar refractivity (Wildman–Crippen MR) is 107 cm³/mol. The zero-order valence-electron chi connectivity index (χ0n) is 16.3. The predicted octanol–water partition coefficient (Wildman–Crippen LogP) is 2.60. The molecule has 4 rings (SSSR count). The summed E-state index contributed by atoms with van der Waals surface area (Å²) in [7, 11) is 1.61. The summed E-state index contributed by atoms with van der Waals surface area (Å²) in [4.78, 5) is 22.4. The fourth-order valence-electron chi connectivity index (χ4n) is 4.06. The average molecular weight is 382 g/mol. The van der Waals surface area contributed by atoms with Gasteiger partial charge in [0.25, 0.3) is 5.91 Å². The van der Waals surface area contributed by atoms with Crippen LogP contribution in [0.15, 0.2) is 36.8 Å². The number of aromatic amines is 1. The molecule has 3 aromatic rings. The molecule has 0 bridgehead atoms. The van der Waals surface area contributed by atoms with E-state index in [0.717, 1.165) is 23.1 Å². The van der Waals surface area contributed by atoms with Crippen LogP contribution in [0.1, 0.15) is 35.9 Å². The highest BCUT2D eigenvalue weighted by molar-refractivity contribution is 6.09. The van der Waals surface area contributed by atoms with Gasteiger partial charge in [-0.3, -0.25) is 4.79 Å². The van der Waals surface area contributed by atoms with Crippen molar-refractivity contribution in [3.8, 4) is 5.75 Å². The molecule has 28 heavy (non-hydrogen) atoms. The Morgan fingerprint density at radius 3 is 2.86 bits per heavy atom. The second-order valence-corrected chi connectivity index (χ2v) is 7.43. The van der Waals surface area contributed by atoms with Crippen molar-refractivity contribution in [2.24, 2.45) is 0 Å². The van der Waals surface area contributed by atoms with Crippen LogP contribution in [0.2, 0.25) is 0 Å². The Hall–Kier alpha value is -2.80. The van der Waals surface area contributed by atoms with Crippen LogP contribution in [-0.4, -0.2) is 56.2 Å². The van der Waals surface area contributed by atoms with Crippen LogP contribution in [0.3, 0.4) is 0 Å². The number of hydrogen-bond donors (Lipinski definition) is 2. The number of rotatable bonds is 5. The van der Waals surface area contributed by atoms with Gasteiger partial charge < -0.3 is 24.3 Å². The van der Waals surface area contributed by atoms with Crippen molar-refractivity contribution < 1.29 is 14.6 Å². The van der Waals surface area contributed by atoms with E-state index >= 15 is 0 Å². The van der Waals surface area contributed by atoms with Gasteiger partial charge >= 0.3 is 0 Å². The summed E-state index contributed by atoms with van der Waals surface area (Å²) in [5.41, 5.74) is 0.670. The Morgan fingerprint density at radius 2 is 2.14 bits per heavy atom. The number of aryl methyl sites for hydroxylation is 1. The molecule has 0 unspecified atom stereocenters. The number of carbonyl (C=O) groups excluding carboxylic acids is 1. The number of benzene rings is 1. The molecule has 3 heterocycles. The van der Waals surface area contributed by atoms with Crippen molar-refractivity contribution in [1.82, 2.24) is 19.4 Å². The van der Waals surface area contributed by atoms with Gasteiger partial charge in [0.1, 0.15) is 11.6 Å². The van der Waals surface area contributed by atoms with Crippen molar-refractivity contribution in [3.63, 3.8) is 0 Å². The van der Waals surface area contributed by atoms with Crippen LogP contribution < -0.4 is 4.74 Å². The van der Waals surface area contributed by atoms with E-state index < -0.39 is 5.60 Å². The molecule has 1 aliphatic rings. The molecule has 148 valence electrons. The van der Waals surface area contributed by atoms with Crippen molar-refractivity contribution in [3.05, 3.63) is 48.2 Å². The number of likely N-dealkylation sites (tertiary alicyclic amines) is 1. The van der Waals surface area contributed by atoms with Crippen LogP contribution in [0.4, 0.5) is 0 Å². The van der Waals surface area contributed by atoms with Gasteiger partial charge in [-0.25, -0.2) is 4.98 Å². The standard InChI is InChI=1S/C21H26N4O3/c1-3-18-22-9-12-25(18)14-21(27)7-10-24(11-8-21)20(26)15-13-23-16-5-4-6-17(28-2)19(15)16/h4-6,9,12-13,23,27H,3,7-8,10-11,14H2,1-2H3. The van der Waals surface area contributed by atoms with E-state index in [9.17, 15) is 9.90 Å². The minimum absolute atomic E-state index is 0.0327. The highest BCUT2D eigenvalue weighted by Gasteiger charge is 2.35. The lowest BCUT2D eigenvalue weighted by Crippen LogP contribution is -2.48. The monoisotopic (exact) mass is 382 g/mol. The number of imidazole rings is 1. The third-order valence-corrected chi connectivity index (χ3v) is 5.68. The lowest BCUT2D eigenvalue weighted by Gasteiger charge is -2.38. The lowest BCUT2D eigenvalue weighted by molar-refractivity contribution is -0.0296. The molecule has 1 amide bonds. The maximum absolute atomic E-state index is 13.1. The molecule has 1 saturated heterocycles. The van der Waals surface area contributed by atoms with E-state index in [2.05, 4.69) is 16.9 Å². The molecular weight excluding hydrogens is 356 g/mol. The molecule has 2 aromatic heterocycles. The molecule has 0 spiro atoms. The van der Waals surface area contributed by atoms with Crippen molar-refractivity contribution in [2.75, 3.05) is 20.2 Å². The van der Waals surface area contributed by atoms with Crippen LogP contribution in [0.25, 0.3) is 10.9 Å². The van der Waals surface area contributed by atoms with Gasteiger partial charge in [0.15, 0.2) is 0 Å². The second-order valence-electron chi connectivity index (χ2n) is 7.43. The Bertz CT molecular complexity index is 983. The van der Waals surface area contributed by atoms with E-state index in [1.54, 1.807) is 19.5 Å². The first-order chi connectivity index (χ1) is 13.5. The lowest BCUT2D eigenvalue weighted by atomic mass is 9.90. The van der Waals surface area contributed by atoms with E-state index in [1.807, 2.05) is 33.9 Å². The second kappa shape index (κ2) is 7.31. The molecule has 1 aliphatic heterocycles. The van der Waals surface area contributed by atoms with E-state index in [0.29, 0.717) is 43.8 Å². The molecular formula is C21H26N4O3. The third-order valence-electron chi connectivity index (χ3n) is 5.68. The summed E-state index contributed by atoms with van der Waals surface area (Å²) >= 11 is 0. The Balaban J connectivity index is 1.49. The van der Waals surface area contributed by atoms with Gasteiger partial charge in [-0.2, -0.15) is 0 Å². The number of amides is 1. The molecule has 7 heteroatoms. The number of ether oxygens (including phenoxy) is 1. The van der Waals surface area contributed by atoms with Gasteiger partial charge in [-0.05, 0) is 25.0 Å². The zero-order valence-corrected chi connectivity index (χ0v) is 16.3. The fourth-order valence-corrected chi connectivity index (χ4v) is 4.06. The normalized spacial score (nSPS) is 16.5.